The number of aryl methyl sites for hydroxylation is 2. The van der Waals surface area contributed by atoms with Crippen molar-refractivity contribution in [1.29, 1.82) is 0 Å². The van der Waals surface area contributed by atoms with Crippen LogP contribution in [0.15, 0.2) is 77.7 Å². The predicted molar refractivity (Wildman–Crippen MR) is 134 cm³/mol. The third-order valence-electron chi connectivity index (χ3n) is 5.60. The highest BCUT2D eigenvalue weighted by atomic mass is 32.2. The topological polar surface area (TPSA) is 97.4 Å². The predicted octanol–water partition coefficient (Wildman–Crippen LogP) is 4.84. The maximum absolute atomic E-state index is 12.9. The molecule has 0 bridgehead atoms. The minimum atomic E-state index is -3.89. The van der Waals surface area contributed by atoms with Crippen molar-refractivity contribution in [2.75, 3.05) is 17.1 Å². The fourth-order valence-corrected chi connectivity index (χ4v) is 4.99. The summed E-state index contributed by atoms with van der Waals surface area (Å²) < 4.78 is 33.6. The van der Waals surface area contributed by atoms with E-state index in [2.05, 4.69) is 15.0 Å². The molecular weight excluding hydrogens is 450 g/mol. The summed E-state index contributed by atoms with van der Waals surface area (Å²) in [5.41, 5.74) is 4.27. The van der Waals surface area contributed by atoms with Gasteiger partial charge in [-0.15, -0.1) is 0 Å². The van der Waals surface area contributed by atoms with Crippen molar-refractivity contribution in [2.24, 2.45) is 0 Å². The Morgan fingerprint density at radius 3 is 2.50 bits per heavy atom. The molecule has 0 radical (unpaired) electrons. The Morgan fingerprint density at radius 1 is 0.971 bits per heavy atom. The molecule has 4 aromatic rings. The number of pyridine rings is 1. The number of fused-ring (bicyclic) bond motifs is 1. The van der Waals surface area contributed by atoms with Gasteiger partial charge in [-0.3, -0.25) is 14.5 Å². The Kier molecular flexibility index (Phi) is 6.51. The first-order chi connectivity index (χ1) is 16.3. The van der Waals surface area contributed by atoms with Crippen molar-refractivity contribution in [2.45, 2.75) is 25.2 Å². The quantitative estimate of drug-likeness (QED) is 0.399. The fourth-order valence-electron chi connectivity index (χ4n) is 3.87. The fraction of sp³-hybridized carbons (Fsp3) is 0.154. The van der Waals surface area contributed by atoms with Gasteiger partial charge >= 0.3 is 0 Å². The number of amides is 1. The smallest absolute Gasteiger partial charge is 0.262 e. The van der Waals surface area contributed by atoms with E-state index in [1.54, 1.807) is 36.4 Å². The number of carbonyl (C=O) groups is 1. The van der Waals surface area contributed by atoms with Crippen molar-refractivity contribution in [3.63, 3.8) is 0 Å². The lowest BCUT2D eigenvalue weighted by Gasteiger charge is -2.14. The largest absolute Gasteiger partial charge is 0.495 e. The molecule has 3 aromatic carbocycles. The van der Waals surface area contributed by atoms with Crippen LogP contribution in [0.5, 0.6) is 5.75 Å². The lowest BCUT2D eigenvalue weighted by atomic mass is 9.99. The van der Waals surface area contributed by atoms with E-state index >= 15 is 0 Å². The van der Waals surface area contributed by atoms with Gasteiger partial charge in [-0.1, -0.05) is 36.4 Å². The van der Waals surface area contributed by atoms with Crippen LogP contribution in [0, 0.1) is 13.8 Å². The van der Waals surface area contributed by atoms with Gasteiger partial charge in [0.1, 0.15) is 5.75 Å². The van der Waals surface area contributed by atoms with Crippen LogP contribution in [0.2, 0.25) is 0 Å². The lowest BCUT2D eigenvalue weighted by Crippen LogP contribution is -2.17. The van der Waals surface area contributed by atoms with Crippen LogP contribution in [0.25, 0.3) is 10.9 Å². The van der Waals surface area contributed by atoms with Gasteiger partial charge in [-0.25, -0.2) is 8.42 Å². The van der Waals surface area contributed by atoms with Crippen molar-refractivity contribution in [1.82, 2.24) is 4.98 Å². The molecule has 0 fully saturated rings. The number of ether oxygens (including phenoxy) is 1. The number of methoxy groups -OCH3 is 1. The summed E-state index contributed by atoms with van der Waals surface area (Å²) in [6.07, 6.45) is 0.131. The second kappa shape index (κ2) is 9.52. The summed E-state index contributed by atoms with van der Waals surface area (Å²) >= 11 is 0. The first-order valence-electron chi connectivity index (χ1n) is 10.7. The number of nitrogens with one attached hydrogen (secondary N) is 2. The Bertz CT molecular complexity index is 1480. The summed E-state index contributed by atoms with van der Waals surface area (Å²) in [5, 5.41) is 3.81. The number of benzene rings is 3. The number of carbonyl (C=O) groups excluding carboxylic acids is 1. The van der Waals surface area contributed by atoms with E-state index in [4.69, 9.17) is 4.74 Å². The normalized spacial score (nSPS) is 11.3. The molecule has 0 saturated heterocycles. The first-order valence-corrected chi connectivity index (χ1v) is 12.2. The van der Waals surface area contributed by atoms with E-state index in [9.17, 15) is 13.2 Å². The molecule has 1 aromatic heterocycles. The highest BCUT2D eigenvalue weighted by Gasteiger charge is 2.18. The standard InChI is InChI=1S/C26H25N3O4S/c1-17-21-11-4-5-12-23(21)27-18(2)22(17)16-26(30)28-19-9-8-10-20(15-19)34(31,32)29-24-13-6-7-14-25(24)33-3/h4-15,29H,16H2,1-3H3,(H,28,30). The number of sulfonamides is 1. The Hall–Kier alpha value is -3.91. The number of rotatable bonds is 7. The Balaban J connectivity index is 1.54. The van der Waals surface area contributed by atoms with E-state index in [0.29, 0.717) is 17.1 Å². The van der Waals surface area contributed by atoms with Crippen molar-refractivity contribution >= 4 is 38.2 Å². The summed E-state index contributed by atoms with van der Waals surface area (Å²) in [6, 6.07) is 20.7. The zero-order valence-electron chi connectivity index (χ0n) is 19.1. The van der Waals surface area contributed by atoms with Crippen molar-refractivity contribution in [3.8, 4) is 5.75 Å². The highest BCUT2D eigenvalue weighted by molar-refractivity contribution is 7.92. The van der Waals surface area contributed by atoms with Crippen LogP contribution >= 0.6 is 0 Å². The molecule has 1 amide bonds. The zero-order valence-corrected chi connectivity index (χ0v) is 19.9. The molecule has 0 aliphatic carbocycles. The van der Waals surface area contributed by atoms with Gasteiger partial charge in [0.05, 0.1) is 29.6 Å². The summed E-state index contributed by atoms with van der Waals surface area (Å²) in [5.74, 6) is 0.154. The molecule has 0 aliphatic rings. The second-order valence-corrected chi connectivity index (χ2v) is 9.56. The van der Waals surface area contributed by atoms with Crippen LogP contribution < -0.4 is 14.8 Å². The molecule has 0 aliphatic heterocycles. The van der Waals surface area contributed by atoms with Crippen LogP contribution in [-0.2, 0) is 21.2 Å². The van der Waals surface area contributed by atoms with Gasteiger partial charge in [-0.05, 0) is 61.4 Å². The molecule has 1 heterocycles. The number of aromatic nitrogens is 1. The van der Waals surface area contributed by atoms with Crippen molar-refractivity contribution < 1.29 is 17.9 Å². The molecule has 4 rings (SSSR count). The maximum Gasteiger partial charge on any atom is 0.262 e. The number of hydrogen-bond donors (Lipinski definition) is 2. The summed E-state index contributed by atoms with van der Waals surface area (Å²) in [4.78, 5) is 17.5. The van der Waals surface area contributed by atoms with Gasteiger partial charge in [-0.2, -0.15) is 0 Å². The van der Waals surface area contributed by atoms with Crippen molar-refractivity contribution in [3.05, 3.63) is 89.6 Å². The average Bonchev–Trinajstić information content (AvgIpc) is 2.82. The SMILES string of the molecule is COc1ccccc1NS(=O)(=O)c1cccc(NC(=O)Cc2c(C)nc3ccccc3c2C)c1. The van der Waals surface area contributed by atoms with Gasteiger partial charge in [0.25, 0.3) is 10.0 Å². The Labute approximate surface area is 198 Å². The van der Waals surface area contributed by atoms with Gasteiger partial charge in [0, 0.05) is 16.8 Å². The third kappa shape index (κ3) is 4.87. The Morgan fingerprint density at radius 2 is 1.71 bits per heavy atom. The van der Waals surface area contributed by atoms with Crippen LogP contribution in [-0.4, -0.2) is 26.4 Å². The number of anilines is 2. The number of para-hydroxylation sites is 3. The van der Waals surface area contributed by atoms with Crippen LogP contribution in [0.4, 0.5) is 11.4 Å². The molecule has 0 spiro atoms. The first kappa shape index (κ1) is 23.3. The van der Waals surface area contributed by atoms with E-state index in [1.807, 2.05) is 38.1 Å². The van der Waals surface area contributed by atoms with E-state index < -0.39 is 10.0 Å². The van der Waals surface area contributed by atoms with E-state index in [1.165, 1.54) is 19.2 Å². The summed E-state index contributed by atoms with van der Waals surface area (Å²) in [6.45, 7) is 3.87. The lowest BCUT2D eigenvalue weighted by molar-refractivity contribution is -0.115. The minimum absolute atomic E-state index is 0.0240. The van der Waals surface area contributed by atoms with Gasteiger partial charge in [0.2, 0.25) is 5.91 Å². The molecule has 8 heteroatoms. The van der Waals surface area contributed by atoms with Gasteiger partial charge in [0.15, 0.2) is 0 Å². The molecule has 0 atom stereocenters. The molecule has 7 nitrogen and oxygen atoms in total. The summed E-state index contributed by atoms with van der Waals surface area (Å²) in [7, 11) is -2.42. The molecule has 2 N–H and O–H groups in total. The van der Waals surface area contributed by atoms with E-state index in [-0.39, 0.29) is 17.2 Å². The zero-order chi connectivity index (χ0) is 24.3. The molecule has 0 saturated carbocycles. The van der Waals surface area contributed by atoms with Gasteiger partial charge < -0.3 is 10.1 Å². The maximum atomic E-state index is 12.9. The molecular formula is C26H25N3O4S. The third-order valence-corrected chi connectivity index (χ3v) is 6.97. The van der Waals surface area contributed by atoms with E-state index in [0.717, 1.165) is 27.7 Å². The number of hydrogen-bond acceptors (Lipinski definition) is 5. The van der Waals surface area contributed by atoms with Crippen LogP contribution in [0.3, 0.4) is 0 Å². The van der Waals surface area contributed by atoms with Crippen LogP contribution in [0.1, 0.15) is 16.8 Å². The highest BCUT2D eigenvalue weighted by Crippen LogP contribution is 2.27. The second-order valence-electron chi connectivity index (χ2n) is 7.88. The molecule has 34 heavy (non-hydrogen) atoms. The molecule has 0 unspecified atom stereocenters. The monoisotopic (exact) mass is 475 g/mol. The molecule has 174 valence electrons. The average molecular weight is 476 g/mol. The number of nitrogens with zero attached hydrogens (tertiary/aromatic N) is 1. The minimum Gasteiger partial charge on any atom is -0.495 e.